The molecule has 0 saturated heterocycles. The number of hydrogen-bond acceptors (Lipinski definition) is 2. The molecule has 1 amide bonds. The Kier molecular flexibility index (Phi) is 6.58. The van der Waals surface area contributed by atoms with Crippen LogP contribution in [-0.2, 0) is 11.3 Å². The number of aromatic nitrogens is 1. The van der Waals surface area contributed by atoms with Crippen LogP contribution in [0, 0.1) is 0 Å². The maximum Gasteiger partial charge on any atom is 0.270 e. The van der Waals surface area contributed by atoms with Gasteiger partial charge in [-0.15, -0.1) is 0 Å². The van der Waals surface area contributed by atoms with Crippen molar-refractivity contribution in [3.63, 3.8) is 0 Å². The van der Waals surface area contributed by atoms with Crippen LogP contribution < -0.4 is 0 Å². The average molecular weight is 331 g/mol. The van der Waals surface area contributed by atoms with Crippen LogP contribution in [0.15, 0.2) is 16.7 Å². The van der Waals surface area contributed by atoms with Gasteiger partial charge in [-0.05, 0) is 42.3 Å². The van der Waals surface area contributed by atoms with Crippen molar-refractivity contribution in [1.29, 1.82) is 0 Å². The van der Waals surface area contributed by atoms with Crippen molar-refractivity contribution < 1.29 is 9.53 Å². The molecule has 0 radical (unpaired) electrons. The molecule has 1 heterocycles. The number of likely N-dealkylation sites (N-methyl/N-ethyl adjacent to an activating group) is 1. The fourth-order valence-corrected chi connectivity index (χ4v) is 2.68. The van der Waals surface area contributed by atoms with E-state index in [0.717, 1.165) is 23.1 Å². The molecule has 0 fully saturated rings. The zero-order valence-electron chi connectivity index (χ0n) is 12.1. The van der Waals surface area contributed by atoms with Crippen molar-refractivity contribution >= 4 is 21.8 Å². The fourth-order valence-electron chi connectivity index (χ4n) is 2.21. The number of amides is 1. The van der Waals surface area contributed by atoms with E-state index in [4.69, 9.17) is 4.74 Å². The third-order valence-corrected chi connectivity index (χ3v) is 3.52. The first-order valence-electron chi connectivity index (χ1n) is 6.70. The predicted octanol–water partition coefficient (Wildman–Crippen LogP) is 3.16. The van der Waals surface area contributed by atoms with Crippen molar-refractivity contribution in [2.45, 2.75) is 39.8 Å². The largest absolute Gasteiger partial charge is 0.383 e. The summed E-state index contributed by atoms with van der Waals surface area (Å²) in [6.07, 6.45) is 2.96. The lowest BCUT2D eigenvalue weighted by Gasteiger charge is -2.28. The minimum absolute atomic E-state index is 0.0613. The summed E-state index contributed by atoms with van der Waals surface area (Å²) in [5, 5.41) is 0. The summed E-state index contributed by atoms with van der Waals surface area (Å²) in [4.78, 5) is 14.5. The Bertz CT molecular complexity index is 418. The fraction of sp³-hybridized carbons (Fsp3) is 0.643. The average Bonchev–Trinajstić information content (AvgIpc) is 2.72. The number of hydrogen-bond donors (Lipinski definition) is 0. The van der Waals surface area contributed by atoms with Gasteiger partial charge >= 0.3 is 0 Å². The van der Waals surface area contributed by atoms with Gasteiger partial charge in [0, 0.05) is 30.9 Å². The van der Waals surface area contributed by atoms with Gasteiger partial charge < -0.3 is 14.2 Å². The Morgan fingerprint density at radius 2 is 2.21 bits per heavy atom. The Balaban J connectivity index is 2.96. The van der Waals surface area contributed by atoms with Crippen LogP contribution in [0.2, 0.25) is 0 Å². The minimum Gasteiger partial charge on any atom is -0.383 e. The molecule has 4 nitrogen and oxygen atoms in total. The second kappa shape index (κ2) is 7.70. The number of aryl methyl sites for hydroxylation is 1. The number of carbonyl (C=O) groups excluding carboxylic acids is 1. The maximum atomic E-state index is 12.6. The molecular formula is C14H23BrN2O2. The topological polar surface area (TPSA) is 34.5 Å². The monoisotopic (exact) mass is 330 g/mol. The predicted molar refractivity (Wildman–Crippen MR) is 80.5 cm³/mol. The van der Waals surface area contributed by atoms with Gasteiger partial charge in [0.1, 0.15) is 5.69 Å². The van der Waals surface area contributed by atoms with E-state index in [0.29, 0.717) is 13.2 Å². The van der Waals surface area contributed by atoms with Crippen LogP contribution in [0.3, 0.4) is 0 Å². The molecule has 1 atom stereocenters. The Hall–Kier alpha value is -0.810. The summed E-state index contributed by atoms with van der Waals surface area (Å²) in [6.45, 7) is 8.18. The van der Waals surface area contributed by atoms with Crippen molar-refractivity contribution in [2.75, 3.05) is 20.3 Å². The highest BCUT2D eigenvalue weighted by atomic mass is 79.9. The minimum atomic E-state index is 0.0613. The molecule has 5 heteroatoms. The molecule has 0 saturated carbocycles. The molecule has 0 aliphatic carbocycles. The Labute approximate surface area is 123 Å². The first-order chi connectivity index (χ1) is 9.04. The SMILES string of the molecule is CCCn1cc(Br)cc1C(=O)N(CC)C(C)COC. The van der Waals surface area contributed by atoms with Gasteiger partial charge in [0.05, 0.1) is 12.6 Å². The summed E-state index contributed by atoms with van der Waals surface area (Å²) in [7, 11) is 1.66. The van der Waals surface area contributed by atoms with Gasteiger partial charge in [0.15, 0.2) is 0 Å². The lowest BCUT2D eigenvalue weighted by atomic mass is 10.2. The summed E-state index contributed by atoms with van der Waals surface area (Å²) in [5.41, 5.74) is 0.735. The molecule has 0 bridgehead atoms. The van der Waals surface area contributed by atoms with Crippen molar-refractivity contribution in [3.05, 3.63) is 22.4 Å². The van der Waals surface area contributed by atoms with E-state index >= 15 is 0 Å². The quantitative estimate of drug-likeness (QED) is 0.769. The van der Waals surface area contributed by atoms with Crippen LogP contribution in [-0.4, -0.2) is 41.7 Å². The van der Waals surface area contributed by atoms with E-state index in [1.165, 1.54) is 0 Å². The molecule has 19 heavy (non-hydrogen) atoms. The van der Waals surface area contributed by atoms with Crippen LogP contribution in [0.1, 0.15) is 37.7 Å². The van der Waals surface area contributed by atoms with Crippen LogP contribution in [0.5, 0.6) is 0 Å². The smallest absolute Gasteiger partial charge is 0.270 e. The lowest BCUT2D eigenvalue weighted by molar-refractivity contribution is 0.0569. The van der Waals surface area contributed by atoms with E-state index in [1.54, 1.807) is 7.11 Å². The van der Waals surface area contributed by atoms with Crippen LogP contribution in [0.25, 0.3) is 0 Å². The summed E-state index contributed by atoms with van der Waals surface area (Å²) < 4.78 is 8.10. The first-order valence-corrected chi connectivity index (χ1v) is 7.49. The van der Waals surface area contributed by atoms with Gasteiger partial charge in [-0.2, -0.15) is 0 Å². The van der Waals surface area contributed by atoms with Crippen molar-refractivity contribution in [2.24, 2.45) is 0 Å². The van der Waals surface area contributed by atoms with Gasteiger partial charge in [-0.25, -0.2) is 0 Å². The van der Waals surface area contributed by atoms with Crippen LogP contribution in [0.4, 0.5) is 0 Å². The van der Waals surface area contributed by atoms with Crippen molar-refractivity contribution in [1.82, 2.24) is 9.47 Å². The molecular weight excluding hydrogens is 308 g/mol. The highest BCUT2D eigenvalue weighted by Crippen LogP contribution is 2.18. The number of carbonyl (C=O) groups is 1. The maximum absolute atomic E-state index is 12.6. The molecule has 0 aliphatic rings. The lowest BCUT2D eigenvalue weighted by Crippen LogP contribution is -2.41. The molecule has 0 aliphatic heterocycles. The molecule has 0 N–H and O–H groups in total. The molecule has 1 rings (SSSR count). The highest BCUT2D eigenvalue weighted by Gasteiger charge is 2.22. The normalized spacial score (nSPS) is 12.5. The number of rotatable bonds is 7. The second-order valence-corrected chi connectivity index (χ2v) is 5.55. The molecule has 0 aromatic carbocycles. The van der Waals surface area contributed by atoms with Gasteiger partial charge in [-0.3, -0.25) is 4.79 Å². The molecule has 1 unspecified atom stereocenters. The third kappa shape index (κ3) is 4.08. The second-order valence-electron chi connectivity index (χ2n) is 4.63. The Morgan fingerprint density at radius 1 is 1.53 bits per heavy atom. The van der Waals surface area contributed by atoms with E-state index in [1.807, 2.05) is 35.6 Å². The van der Waals surface area contributed by atoms with E-state index in [2.05, 4.69) is 22.9 Å². The van der Waals surface area contributed by atoms with Crippen molar-refractivity contribution in [3.8, 4) is 0 Å². The van der Waals surface area contributed by atoms with Gasteiger partial charge in [-0.1, -0.05) is 6.92 Å². The van der Waals surface area contributed by atoms with Crippen LogP contribution >= 0.6 is 15.9 Å². The molecule has 108 valence electrons. The summed E-state index contributed by atoms with van der Waals surface area (Å²) >= 11 is 3.44. The van der Waals surface area contributed by atoms with E-state index in [9.17, 15) is 4.79 Å². The third-order valence-electron chi connectivity index (χ3n) is 3.09. The van der Waals surface area contributed by atoms with E-state index < -0.39 is 0 Å². The van der Waals surface area contributed by atoms with Gasteiger partial charge in [0.2, 0.25) is 0 Å². The zero-order chi connectivity index (χ0) is 14.4. The summed E-state index contributed by atoms with van der Waals surface area (Å²) in [6, 6.07) is 1.96. The van der Waals surface area contributed by atoms with Gasteiger partial charge in [0.25, 0.3) is 5.91 Å². The zero-order valence-corrected chi connectivity index (χ0v) is 13.7. The number of halogens is 1. The highest BCUT2D eigenvalue weighted by molar-refractivity contribution is 9.10. The first kappa shape index (κ1) is 16.2. The molecule has 1 aromatic heterocycles. The molecule has 1 aromatic rings. The summed E-state index contributed by atoms with van der Waals surface area (Å²) in [5.74, 6) is 0.0613. The standard InChI is InChI=1S/C14H23BrN2O2/c1-5-7-16-9-12(15)8-13(16)14(18)17(6-2)11(3)10-19-4/h8-9,11H,5-7,10H2,1-4H3. The number of methoxy groups -OCH3 is 1. The number of ether oxygens (including phenoxy) is 1. The van der Waals surface area contributed by atoms with E-state index in [-0.39, 0.29) is 11.9 Å². The molecule has 0 spiro atoms. The number of nitrogens with zero attached hydrogens (tertiary/aromatic N) is 2. The Morgan fingerprint density at radius 3 is 2.74 bits per heavy atom.